The molecule has 6 nitrogen and oxygen atoms in total. The third-order valence-electron chi connectivity index (χ3n) is 5.01. The number of hydrogen-bond acceptors (Lipinski definition) is 5. The van der Waals surface area contributed by atoms with Gasteiger partial charge in [0.2, 0.25) is 0 Å². The molecule has 0 saturated heterocycles. The zero-order chi connectivity index (χ0) is 22.3. The smallest absolute Gasteiger partial charge is 0.408 e. The molecule has 1 amide bonds. The average molecular weight is 471 g/mol. The summed E-state index contributed by atoms with van der Waals surface area (Å²) in [5.41, 5.74) is 4.74. The maximum absolute atomic E-state index is 13.5. The monoisotopic (exact) mass is 470 g/mol. The fourth-order valence-corrected chi connectivity index (χ4v) is 6.41. The molecular weight excluding hydrogens is 447 g/mol. The molecule has 0 bridgehead atoms. The Balaban J connectivity index is 2.05. The molecule has 3 rings (SSSR count). The molecule has 162 valence electrons. The topological polar surface area (TPSA) is 98.5 Å². The van der Waals surface area contributed by atoms with Crippen LogP contribution >= 0.6 is 23.2 Å². The number of benzene rings is 2. The predicted octanol–water partition coefficient (Wildman–Crippen LogP) is 4.16. The van der Waals surface area contributed by atoms with Crippen molar-refractivity contribution in [3.8, 4) is 0 Å². The largest absolute Gasteiger partial charge is 0.444 e. The molecule has 0 aromatic heterocycles. The molecule has 1 saturated carbocycles. The normalized spacial score (nSPS) is 23.7. The Morgan fingerprint density at radius 1 is 1.13 bits per heavy atom. The van der Waals surface area contributed by atoms with Crippen LogP contribution < -0.4 is 11.1 Å². The lowest BCUT2D eigenvalue weighted by Crippen LogP contribution is -2.49. The Morgan fingerprint density at radius 2 is 1.77 bits per heavy atom. The van der Waals surface area contributed by atoms with E-state index in [1.807, 2.05) is 0 Å². The van der Waals surface area contributed by atoms with Crippen LogP contribution in [-0.4, -0.2) is 37.4 Å². The number of sulfone groups is 1. The second-order valence-electron chi connectivity index (χ2n) is 8.32. The highest BCUT2D eigenvalue weighted by Crippen LogP contribution is 2.57. The van der Waals surface area contributed by atoms with E-state index < -0.39 is 38.2 Å². The summed E-state index contributed by atoms with van der Waals surface area (Å²) >= 11 is 12.0. The van der Waals surface area contributed by atoms with Crippen LogP contribution in [0.25, 0.3) is 0 Å². The zero-order valence-electron chi connectivity index (χ0n) is 16.9. The summed E-state index contributed by atoms with van der Waals surface area (Å²) in [6.07, 6.45) is -0.728. The van der Waals surface area contributed by atoms with Crippen molar-refractivity contribution in [2.75, 3.05) is 6.54 Å². The third kappa shape index (κ3) is 4.44. The summed E-state index contributed by atoms with van der Waals surface area (Å²) in [6, 6.07) is 12.8. The Kier molecular flexibility index (Phi) is 6.13. The molecular formula is C21H24Cl2N2O4S. The number of hydrogen-bond donors (Lipinski definition) is 2. The Labute approximate surface area is 186 Å². The van der Waals surface area contributed by atoms with Crippen molar-refractivity contribution in [1.82, 2.24) is 5.32 Å². The molecule has 0 aliphatic heterocycles. The van der Waals surface area contributed by atoms with Crippen molar-refractivity contribution >= 4 is 39.1 Å². The van der Waals surface area contributed by atoms with Crippen LogP contribution in [-0.2, 0) is 14.6 Å². The number of carbonyl (C=O) groups is 1. The van der Waals surface area contributed by atoms with E-state index in [1.165, 1.54) is 24.3 Å². The standard InChI is InChI=1S/C21H24Cl2N2O4S/c1-20(2,3)29-19(26)25-21(12-24)17(13-5-4-6-15(23)11-13)18(21)30(27,28)16-9-7-14(22)8-10-16/h4-11,17-18H,12,24H2,1-3H3,(H,25,26)/t17-,18+,21+/m1/s1. The van der Waals surface area contributed by atoms with E-state index in [4.69, 9.17) is 33.7 Å². The summed E-state index contributed by atoms with van der Waals surface area (Å²) in [5.74, 6) is -0.589. The van der Waals surface area contributed by atoms with Gasteiger partial charge in [0.15, 0.2) is 9.84 Å². The first-order valence-corrected chi connectivity index (χ1v) is 11.7. The van der Waals surface area contributed by atoms with Gasteiger partial charge in [0.25, 0.3) is 0 Å². The maximum atomic E-state index is 13.5. The van der Waals surface area contributed by atoms with E-state index in [9.17, 15) is 13.2 Å². The second-order valence-corrected chi connectivity index (χ2v) is 11.3. The van der Waals surface area contributed by atoms with E-state index in [-0.39, 0.29) is 11.4 Å². The first kappa shape index (κ1) is 22.9. The molecule has 3 atom stereocenters. The first-order valence-electron chi connectivity index (χ1n) is 9.37. The van der Waals surface area contributed by atoms with Gasteiger partial charge < -0.3 is 15.8 Å². The number of carbonyl (C=O) groups excluding carboxylic acids is 1. The van der Waals surface area contributed by atoms with Gasteiger partial charge >= 0.3 is 6.09 Å². The van der Waals surface area contributed by atoms with Gasteiger partial charge in [-0.1, -0.05) is 35.3 Å². The molecule has 2 aromatic carbocycles. The molecule has 1 aliphatic rings. The summed E-state index contributed by atoms with van der Waals surface area (Å²) < 4.78 is 32.3. The van der Waals surface area contributed by atoms with Gasteiger partial charge in [0.05, 0.1) is 10.4 Å². The molecule has 0 spiro atoms. The van der Waals surface area contributed by atoms with Crippen molar-refractivity contribution in [3.05, 3.63) is 64.1 Å². The summed E-state index contributed by atoms with van der Waals surface area (Å²) in [7, 11) is -3.85. The molecule has 9 heteroatoms. The molecule has 3 N–H and O–H groups in total. The van der Waals surface area contributed by atoms with Gasteiger partial charge in [0.1, 0.15) is 10.9 Å². The van der Waals surface area contributed by atoms with Crippen LogP contribution in [0.15, 0.2) is 53.4 Å². The molecule has 1 fully saturated rings. The number of alkyl carbamates (subject to hydrolysis) is 1. The number of amides is 1. The zero-order valence-corrected chi connectivity index (χ0v) is 19.2. The highest BCUT2D eigenvalue weighted by Gasteiger charge is 2.71. The first-order chi connectivity index (χ1) is 13.9. The van der Waals surface area contributed by atoms with Crippen LogP contribution in [0.5, 0.6) is 0 Å². The number of nitrogens with one attached hydrogen (secondary N) is 1. The molecule has 0 radical (unpaired) electrons. The van der Waals surface area contributed by atoms with Gasteiger partial charge in [0, 0.05) is 22.5 Å². The quantitative estimate of drug-likeness (QED) is 0.683. The minimum atomic E-state index is -3.85. The van der Waals surface area contributed by atoms with Gasteiger partial charge in [-0.15, -0.1) is 0 Å². The van der Waals surface area contributed by atoms with Crippen molar-refractivity contribution in [3.63, 3.8) is 0 Å². The molecule has 30 heavy (non-hydrogen) atoms. The van der Waals surface area contributed by atoms with Crippen LogP contribution in [0, 0.1) is 0 Å². The molecule has 2 aromatic rings. The third-order valence-corrected chi connectivity index (χ3v) is 7.79. The average Bonchev–Trinajstić information content (AvgIpc) is 3.30. The lowest BCUT2D eigenvalue weighted by Gasteiger charge is -2.24. The van der Waals surface area contributed by atoms with Crippen molar-refractivity contribution < 1.29 is 17.9 Å². The minimum absolute atomic E-state index is 0.0963. The van der Waals surface area contributed by atoms with Crippen molar-refractivity contribution in [2.24, 2.45) is 5.73 Å². The van der Waals surface area contributed by atoms with E-state index in [1.54, 1.807) is 45.0 Å². The number of rotatable bonds is 5. The van der Waals surface area contributed by atoms with Gasteiger partial charge in [-0.2, -0.15) is 0 Å². The van der Waals surface area contributed by atoms with E-state index in [0.29, 0.717) is 15.6 Å². The lowest BCUT2D eigenvalue weighted by molar-refractivity contribution is 0.0497. The van der Waals surface area contributed by atoms with Gasteiger partial charge in [-0.3, -0.25) is 0 Å². The molecule has 0 unspecified atom stereocenters. The lowest BCUT2D eigenvalue weighted by atomic mass is 10.1. The van der Waals surface area contributed by atoms with Crippen molar-refractivity contribution in [1.29, 1.82) is 0 Å². The highest BCUT2D eigenvalue weighted by molar-refractivity contribution is 7.92. The maximum Gasteiger partial charge on any atom is 0.408 e. The Bertz CT molecular complexity index is 1050. The van der Waals surface area contributed by atoms with Crippen LogP contribution in [0.1, 0.15) is 32.3 Å². The summed E-state index contributed by atoms with van der Waals surface area (Å²) in [5, 5.41) is 2.65. The second kappa shape index (κ2) is 8.04. The van der Waals surface area contributed by atoms with E-state index in [0.717, 1.165) is 0 Å². The Hall–Kier alpha value is -1.80. The van der Waals surface area contributed by atoms with Crippen molar-refractivity contribution in [2.45, 2.75) is 48.0 Å². The number of ether oxygens (including phenoxy) is 1. The predicted molar refractivity (Wildman–Crippen MR) is 118 cm³/mol. The summed E-state index contributed by atoms with van der Waals surface area (Å²) in [4.78, 5) is 12.6. The number of nitrogens with two attached hydrogens (primary N) is 1. The number of halogens is 2. The SMILES string of the molecule is CC(C)(C)OC(=O)N[C@@]1(CN)[C@H](c2cccc(Cl)c2)[C@@H]1S(=O)(=O)c1ccc(Cl)cc1. The van der Waals surface area contributed by atoms with E-state index >= 15 is 0 Å². The van der Waals surface area contributed by atoms with Crippen LogP contribution in [0.3, 0.4) is 0 Å². The van der Waals surface area contributed by atoms with Crippen LogP contribution in [0.4, 0.5) is 4.79 Å². The fourth-order valence-electron chi connectivity index (χ4n) is 3.74. The molecule has 0 heterocycles. The fraction of sp³-hybridized carbons (Fsp3) is 0.381. The van der Waals surface area contributed by atoms with Gasteiger partial charge in [-0.05, 0) is 62.7 Å². The van der Waals surface area contributed by atoms with Gasteiger partial charge in [-0.25, -0.2) is 13.2 Å². The Morgan fingerprint density at radius 3 is 2.30 bits per heavy atom. The van der Waals surface area contributed by atoms with E-state index in [2.05, 4.69) is 5.32 Å². The van der Waals surface area contributed by atoms with Crippen LogP contribution in [0.2, 0.25) is 10.0 Å². The molecule has 1 aliphatic carbocycles. The summed E-state index contributed by atoms with van der Waals surface area (Å²) in [6.45, 7) is 5.09. The highest BCUT2D eigenvalue weighted by atomic mass is 35.5. The minimum Gasteiger partial charge on any atom is -0.444 e.